The van der Waals surface area contributed by atoms with Crippen molar-refractivity contribution in [1.29, 1.82) is 0 Å². The summed E-state index contributed by atoms with van der Waals surface area (Å²) in [4.78, 5) is 1.22. The fraction of sp³-hybridized carbons (Fsp3) is 0.333. The second-order valence-corrected chi connectivity index (χ2v) is 5.82. The van der Waals surface area contributed by atoms with Gasteiger partial charge in [0, 0.05) is 26.0 Å². The van der Waals surface area contributed by atoms with Gasteiger partial charge in [0.1, 0.15) is 0 Å². The molecule has 0 saturated heterocycles. The minimum absolute atomic E-state index is 0.432. The van der Waals surface area contributed by atoms with Gasteiger partial charge in [-0.2, -0.15) is 0 Å². The first-order valence-corrected chi connectivity index (χ1v) is 6.72. The molecule has 0 saturated carbocycles. The number of fused-ring (bicyclic) bond motifs is 1. The van der Waals surface area contributed by atoms with E-state index in [0.717, 1.165) is 21.9 Å². The van der Waals surface area contributed by atoms with E-state index < -0.39 is 0 Å². The molecule has 16 heavy (non-hydrogen) atoms. The molecule has 0 aliphatic heterocycles. The molecule has 2 aromatic rings. The van der Waals surface area contributed by atoms with E-state index in [1.165, 1.54) is 9.58 Å². The molecule has 1 N–H and O–H groups in total. The van der Waals surface area contributed by atoms with Crippen molar-refractivity contribution >= 4 is 44.6 Å². The lowest BCUT2D eigenvalue weighted by molar-refractivity contribution is 0.613. The maximum absolute atomic E-state index is 6.35. The Labute approximate surface area is 109 Å². The zero-order valence-corrected chi connectivity index (χ0v) is 11.5. The van der Waals surface area contributed by atoms with Crippen LogP contribution in [0.15, 0.2) is 18.2 Å². The number of hydrogen-bond donors (Lipinski definition) is 1. The average molecular weight is 274 g/mol. The van der Waals surface area contributed by atoms with E-state index >= 15 is 0 Å². The highest BCUT2D eigenvalue weighted by atomic mass is 35.5. The molecule has 4 heteroatoms. The van der Waals surface area contributed by atoms with Gasteiger partial charge in [0.05, 0.1) is 5.02 Å². The third-order valence-corrected chi connectivity index (χ3v) is 4.61. The molecule has 1 unspecified atom stereocenters. The second-order valence-electron chi connectivity index (χ2n) is 3.87. The second kappa shape index (κ2) is 4.92. The standard InChI is InChI=1S/C12H13Cl2NS/c1-7(15-2)5-11-12(14)9-6-8(13)3-4-10(9)16-11/h3-4,6-7,15H,5H2,1-2H3. The van der Waals surface area contributed by atoms with Crippen molar-refractivity contribution in [2.45, 2.75) is 19.4 Å². The number of benzene rings is 1. The number of halogens is 2. The summed E-state index contributed by atoms with van der Waals surface area (Å²) in [5.41, 5.74) is 0. The molecular formula is C12H13Cl2NS. The molecule has 0 radical (unpaired) electrons. The van der Waals surface area contributed by atoms with Crippen LogP contribution in [0.1, 0.15) is 11.8 Å². The van der Waals surface area contributed by atoms with E-state index in [2.05, 4.69) is 12.2 Å². The molecule has 0 fully saturated rings. The van der Waals surface area contributed by atoms with Crippen LogP contribution in [0.4, 0.5) is 0 Å². The first-order valence-electron chi connectivity index (χ1n) is 5.15. The highest BCUT2D eigenvalue weighted by Crippen LogP contribution is 2.37. The van der Waals surface area contributed by atoms with Crippen molar-refractivity contribution in [1.82, 2.24) is 5.32 Å². The van der Waals surface area contributed by atoms with Crippen molar-refractivity contribution in [3.63, 3.8) is 0 Å². The Balaban J connectivity index is 2.44. The van der Waals surface area contributed by atoms with Crippen molar-refractivity contribution in [2.75, 3.05) is 7.05 Å². The van der Waals surface area contributed by atoms with E-state index in [1.54, 1.807) is 11.3 Å². The molecule has 1 aromatic carbocycles. The Bertz CT molecular complexity index is 507. The van der Waals surface area contributed by atoms with Crippen LogP contribution in [0, 0.1) is 0 Å². The third kappa shape index (κ3) is 2.35. The van der Waals surface area contributed by atoms with Crippen LogP contribution in [-0.2, 0) is 6.42 Å². The van der Waals surface area contributed by atoms with Gasteiger partial charge in [0.2, 0.25) is 0 Å². The van der Waals surface area contributed by atoms with E-state index in [-0.39, 0.29) is 0 Å². The maximum Gasteiger partial charge on any atom is 0.0624 e. The lowest BCUT2D eigenvalue weighted by Crippen LogP contribution is -2.23. The van der Waals surface area contributed by atoms with Gasteiger partial charge >= 0.3 is 0 Å². The minimum Gasteiger partial charge on any atom is -0.317 e. The van der Waals surface area contributed by atoms with Crippen LogP contribution in [-0.4, -0.2) is 13.1 Å². The molecular weight excluding hydrogens is 261 g/mol. The largest absolute Gasteiger partial charge is 0.317 e. The van der Waals surface area contributed by atoms with Crippen LogP contribution in [0.3, 0.4) is 0 Å². The predicted molar refractivity (Wildman–Crippen MR) is 74.1 cm³/mol. The van der Waals surface area contributed by atoms with Crippen LogP contribution in [0.25, 0.3) is 10.1 Å². The summed E-state index contributed by atoms with van der Waals surface area (Å²) in [5, 5.41) is 5.87. The highest BCUT2D eigenvalue weighted by molar-refractivity contribution is 7.19. The smallest absolute Gasteiger partial charge is 0.0624 e. The summed E-state index contributed by atoms with van der Waals surface area (Å²) in [7, 11) is 1.96. The van der Waals surface area contributed by atoms with Crippen LogP contribution in [0.5, 0.6) is 0 Å². The van der Waals surface area contributed by atoms with Crippen molar-refractivity contribution < 1.29 is 0 Å². The zero-order valence-electron chi connectivity index (χ0n) is 9.18. The van der Waals surface area contributed by atoms with E-state index in [1.807, 2.05) is 25.2 Å². The van der Waals surface area contributed by atoms with Gasteiger partial charge in [0.25, 0.3) is 0 Å². The van der Waals surface area contributed by atoms with Gasteiger partial charge in [-0.25, -0.2) is 0 Å². The summed E-state index contributed by atoms with van der Waals surface area (Å²) in [5.74, 6) is 0. The fourth-order valence-electron chi connectivity index (χ4n) is 1.60. The van der Waals surface area contributed by atoms with Gasteiger partial charge in [-0.15, -0.1) is 11.3 Å². The number of likely N-dealkylation sites (N-methyl/N-ethyl adjacent to an activating group) is 1. The lowest BCUT2D eigenvalue weighted by Gasteiger charge is -2.07. The highest BCUT2D eigenvalue weighted by Gasteiger charge is 2.12. The summed E-state index contributed by atoms with van der Waals surface area (Å²) in [6, 6.07) is 6.30. The molecule has 86 valence electrons. The van der Waals surface area contributed by atoms with Crippen LogP contribution in [0.2, 0.25) is 10.0 Å². The van der Waals surface area contributed by atoms with E-state index in [0.29, 0.717) is 6.04 Å². The molecule has 1 heterocycles. The molecule has 2 rings (SSSR count). The molecule has 1 aromatic heterocycles. The molecule has 0 spiro atoms. The number of hydrogen-bond acceptors (Lipinski definition) is 2. The minimum atomic E-state index is 0.432. The van der Waals surface area contributed by atoms with Gasteiger partial charge in [-0.1, -0.05) is 23.2 Å². The van der Waals surface area contributed by atoms with Gasteiger partial charge < -0.3 is 5.32 Å². The van der Waals surface area contributed by atoms with Gasteiger partial charge in [-0.05, 0) is 38.6 Å². The number of nitrogens with one attached hydrogen (secondary N) is 1. The van der Waals surface area contributed by atoms with Crippen LogP contribution >= 0.6 is 34.5 Å². The summed E-state index contributed by atoms with van der Waals surface area (Å²) in [6.45, 7) is 2.15. The van der Waals surface area contributed by atoms with E-state index in [4.69, 9.17) is 23.2 Å². The topological polar surface area (TPSA) is 12.0 Å². The average Bonchev–Trinajstić information content (AvgIpc) is 2.56. The Kier molecular flexibility index (Phi) is 3.75. The zero-order chi connectivity index (χ0) is 11.7. The lowest BCUT2D eigenvalue weighted by atomic mass is 10.2. The Morgan fingerprint density at radius 1 is 1.38 bits per heavy atom. The predicted octanol–water partition coefficient (Wildman–Crippen LogP) is 4.36. The monoisotopic (exact) mass is 273 g/mol. The van der Waals surface area contributed by atoms with Crippen molar-refractivity contribution in [2.24, 2.45) is 0 Å². The number of thiophene rings is 1. The quantitative estimate of drug-likeness (QED) is 0.877. The summed E-state index contributed by atoms with van der Waals surface area (Å²) >= 11 is 14.1. The number of rotatable bonds is 3. The normalized spacial score (nSPS) is 13.2. The fourth-order valence-corrected chi connectivity index (χ4v) is 3.38. The first-order chi connectivity index (χ1) is 7.61. The van der Waals surface area contributed by atoms with Crippen LogP contribution < -0.4 is 5.32 Å². The van der Waals surface area contributed by atoms with Crippen molar-refractivity contribution in [3.05, 3.63) is 33.1 Å². The SMILES string of the molecule is CNC(C)Cc1sc2ccc(Cl)cc2c1Cl. The molecule has 0 amide bonds. The van der Waals surface area contributed by atoms with Gasteiger partial charge in [-0.3, -0.25) is 0 Å². The Hall–Kier alpha value is -0.280. The first kappa shape index (κ1) is 12.2. The molecule has 0 aliphatic rings. The molecule has 0 bridgehead atoms. The Morgan fingerprint density at radius 2 is 2.12 bits per heavy atom. The Morgan fingerprint density at radius 3 is 2.81 bits per heavy atom. The summed E-state index contributed by atoms with van der Waals surface area (Å²) < 4.78 is 1.20. The van der Waals surface area contributed by atoms with Crippen molar-refractivity contribution in [3.8, 4) is 0 Å². The van der Waals surface area contributed by atoms with E-state index in [9.17, 15) is 0 Å². The maximum atomic E-state index is 6.35. The summed E-state index contributed by atoms with van der Waals surface area (Å²) in [6.07, 6.45) is 0.951. The molecule has 1 nitrogen and oxygen atoms in total. The third-order valence-electron chi connectivity index (χ3n) is 2.64. The van der Waals surface area contributed by atoms with Gasteiger partial charge in [0.15, 0.2) is 0 Å². The molecule has 0 aliphatic carbocycles. The molecule has 1 atom stereocenters.